The molecule has 1 amide bonds. The van der Waals surface area contributed by atoms with Crippen molar-refractivity contribution in [2.75, 3.05) is 26.2 Å². The van der Waals surface area contributed by atoms with Crippen LogP contribution in [0, 0.1) is 23.5 Å². The van der Waals surface area contributed by atoms with Gasteiger partial charge >= 0.3 is 0 Å². The Bertz CT molecular complexity index is 1040. The maximum Gasteiger partial charge on any atom is 0.225 e. The van der Waals surface area contributed by atoms with E-state index in [1.54, 1.807) is 35.3 Å². The summed E-state index contributed by atoms with van der Waals surface area (Å²) >= 11 is 0. The van der Waals surface area contributed by atoms with E-state index in [1.165, 1.54) is 24.3 Å². The second-order valence-electron chi connectivity index (χ2n) is 9.62. The van der Waals surface area contributed by atoms with Crippen LogP contribution >= 0.6 is 0 Å². The summed E-state index contributed by atoms with van der Waals surface area (Å²) < 4.78 is 28.9. The fourth-order valence-electron chi connectivity index (χ4n) is 5.48. The average Bonchev–Trinajstić information content (AvgIpc) is 3.40. The van der Waals surface area contributed by atoms with E-state index in [1.807, 2.05) is 4.90 Å². The number of hydrogen-bond donors (Lipinski definition) is 0. The third-order valence-electron chi connectivity index (χ3n) is 7.40. The molecular formula is C26H30F2N6O. The van der Waals surface area contributed by atoms with Gasteiger partial charge in [-0.05, 0) is 77.4 Å². The van der Waals surface area contributed by atoms with Crippen molar-refractivity contribution >= 4 is 5.91 Å². The normalized spacial score (nSPS) is 21.4. The summed E-state index contributed by atoms with van der Waals surface area (Å²) in [4.78, 5) is 17.5. The Labute approximate surface area is 203 Å². The highest BCUT2D eigenvalue weighted by Gasteiger charge is 2.33. The zero-order valence-electron chi connectivity index (χ0n) is 19.6. The van der Waals surface area contributed by atoms with Gasteiger partial charge in [0, 0.05) is 38.6 Å². The zero-order valence-corrected chi connectivity index (χ0v) is 19.6. The quantitative estimate of drug-likeness (QED) is 0.538. The van der Waals surface area contributed by atoms with Crippen molar-refractivity contribution in [3.8, 4) is 0 Å². The molecule has 1 aliphatic carbocycles. The van der Waals surface area contributed by atoms with Crippen LogP contribution in [0.5, 0.6) is 0 Å². The molecule has 0 unspecified atom stereocenters. The molecule has 5 rings (SSSR count). The van der Waals surface area contributed by atoms with Crippen molar-refractivity contribution < 1.29 is 13.6 Å². The summed E-state index contributed by atoms with van der Waals surface area (Å²) in [5.41, 5.74) is 1.91. The number of piperazine rings is 1. The maximum absolute atomic E-state index is 13.6. The minimum Gasteiger partial charge on any atom is -0.340 e. The predicted molar refractivity (Wildman–Crippen MR) is 126 cm³/mol. The second kappa shape index (κ2) is 10.6. The molecule has 2 aliphatic rings. The highest BCUT2D eigenvalue weighted by molar-refractivity contribution is 5.79. The summed E-state index contributed by atoms with van der Waals surface area (Å²) in [7, 11) is 0. The van der Waals surface area contributed by atoms with Gasteiger partial charge in [0.15, 0.2) is 0 Å². The predicted octanol–water partition coefficient (Wildman–Crippen LogP) is 3.69. The fourth-order valence-corrected chi connectivity index (χ4v) is 5.48. The van der Waals surface area contributed by atoms with Gasteiger partial charge in [0.05, 0.1) is 6.04 Å². The van der Waals surface area contributed by atoms with E-state index in [2.05, 4.69) is 20.4 Å². The van der Waals surface area contributed by atoms with Crippen LogP contribution in [0.4, 0.5) is 8.78 Å². The molecule has 1 saturated heterocycles. The Morgan fingerprint density at radius 1 is 0.857 bits per heavy atom. The molecule has 0 atom stereocenters. The minimum absolute atomic E-state index is 0.0802. The molecule has 2 heterocycles. The summed E-state index contributed by atoms with van der Waals surface area (Å²) in [6.07, 6.45) is 5.46. The van der Waals surface area contributed by atoms with Crippen LogP contribution in [-0.2, 0) is 11.3 Å². The number of nitrogens with zero attached hydrogens (tertiary/aromatic N) is 6. The number of rotatable bonds is 6. The zero-order chi connectivity index (χ0) is 24.2. The summed E-state index contributed by atoms with van der Waals surface area (Å²) in [6, 6.07) is 12.9. The number of carbonyl (C=O) groups excluding carboxylic acids is 1. The number of carbonyl (C=O) groups is 1. The van der Waals surface area contributed by atoms with E-state index in [9.17, 15) is 13.6 Å². The van der Waals surface area contributed by atoms with E-state index in [0.717, 1.165) is 43.4 Å². The van der Waals surface area contributed by atoms with Gasteiger partial charge in [-0.3, -0.25) is 9.69 Å². The average molecular weight is 481 g/mol. The van der Waals surface area contributed by atoms with E-state index in [0.29, 0.717) is 32.1 Å². The molecule has 1 saturated carbocycles. The van der Waals surface area contributed by atoms with Gasteiger partial charge in [0.1, 0.15) is 18.0 Å². The Hall–Kier alpha value is -3.20. The fraction of sp³-hybridized carbons (Fsp3) is 0.462. The molecule has 0 N–H and O–H groups in total. The molecule has 2 fully saturated rings. The maximum atomic E-state index is 13.6. The lowest BCUT2D eigenvalue weighted by molar-refractivity contribution is -0.139. The van der Waals surface area contributed by atoms with Gasteiger partial charge in [0.2, 0.25) is 5.91 Å². The first-order valence-electron chi connectivity index (χ1n) is 12.3. The lowest BCUT2D eigenvalue weighted by atomic mass is 9.81. The molecule has 2 aromatic carbocycles. The summed E-state index contributed by atoms with van der Waals surface area (Å²) in [5.74, 6) is 0.276. The molecule has 0 spiro atoms. The van der Waals surface area contributed by atoms with Gasteiger partial charge in [-0.15, -0.1) is 5.10 Å². The van der Waals surface area contributed by atoms with Crippen molar-refractivity contribution in [1.82, 2.24) is 30.0 Å². The van der Waals surface area contributed by atoms with E-state index in [-0.39, 0.29) is 29.5 Å². The van der Waals surface area contributed by atoms with Crippen LogP contribution in [0.1, 0.15) is 42.9 Å². The number of amides is 1. The van der Waals surface area contributed by atoms with Crippen molar-refractivity contribution in [3.05, 3.63) is 77.6 Å². The van der Waals surface area contributed by atoms with Crippen LogP contribution < -0.4 is 0 Å². The first kappa shape index (κ1) is 23.5. The SMILES string of the molecule is O=C(C1CCC(Cn2cnnn2)CC1)N1CCN(C(c2ccc(F)cc2)c2ccc(F)cc2)CC1. The van der Waals surface area contributed by atoms with E-state index < -0.39 is 0 Å². The summed E-state index contributed by atoms with van der Waals surface area (Å²) in [5, 5.41) is 11.3. The van der Waals surface area contributed by atoms with Crippen molar-refractivity contribution in [2.45, 2.75) is 38.3 Å². The first-order valence-corrected chi connectivity index (χ1v) is 12.3. The Balaban J connectivity index is 1.20. The van der Waals surface area contributed by atoms with Gasteiger partial charge in [-0.25, -0.2) is 13.5 Å². The number of halogens is 2. The van der Waals surface area contributed by atoms with Crippen LogP contribution in [-0.4, -0.2) is 62.1 Å². The number of benzene rings is 2. The molecular weight excluding hydrogens is 450 g/mol. The molecule has 3 aromatic rings. The molecule has 7 nitrogen and oxygen atoms in total. The lowest BCUT2D eigenvalue weighted by Gasteiger charge is -2.41. The Morgan fingerprint density at radius 3 is 1.94 bits per heavy atom. The van der Waals surface area contributed by atoms with E-state index in [4.69, 9.17) is 0 Å². The summed E-state index contributed by atoms with van der Waals surface area (Å²) in [6.45, 7) is 3.53. The van der Waals surface area contributed by atoms with Crippen LogP contribution in [0.3, 0.4) is 0 Å². The number of hydrogen-bond acceptors (Lipinski definition) is 5. The molecule has 35 heavy (non-hydrogen) atoms. The van der Waals surface area contributed by atoms with Crippen molar-refractivity contribution in [1.29, 1.82) is 0 Å². The second-order valence-corrected chi connectivity index (χ2v) is 9.62. The molecule has 0 radical (unpaired) electrons. The molecule has 1 aromatic heterocycles. The van der Waals surface area contributed by atoms with Crippen LogP contribution in [0.15, 0.2) is 54.9 Å². The molecule has 9 heteroatoms. The largest absolute Gasteiger partial charge is 0.340 e. The van der Waals surface area contributed by atoms with Gasteiger partial charge in [0.25, 0.3) is 0 Å². The third kappa shape index (κ3) is 5.56. The Morgan fingerprint density at radius 2 is 1.43 bits per heavy atom. The van der Waals surface area contributed by atoms with Crippen LogP contribution in [0.2, 0.25) is 0 Å². The molecule has 1 aliphatic heterocycles. The van der Waals surface area contributed by atoms with Gasteiger partial charge in [-0.2, -0.15) is 0 Å². The van der Waals surface area contributed by atoms with Crippen molar-refractivity contribution in [2.24, 2.45) is 11.8 Å². The monoisotopic (exact) mass is 480 g/mol. The van der Waals surface area contributed by atoms with E-state index >= 15 is 0 Å². The highest BCUT2D eigenvalue weighted by Crippen LogP contribution is 2.33. The number of aromatic nitrogens is 4. The number of tetrazole rings is 1. The van der Waals surface area contributed by atoms with Crippen molar-refractivity contribution in [3.63, 3.8) is 0 Å². The van der Waals surface area contributed by atoms with Crippen LogP contribution in [0.25, 0.3) is 0 Å². The standard InChI is InChI=1S/C26H30F2N6O/c27-23-9-5-20(6-10-23)25(21-7-11-24(28)12-8-21)32-13-15-33(16-14-32)26(35)22-3-1-19(2-4-22)17-34-18-29-30-31-34/h5-12,18-19,22,25H,1-4,13-17H2. The van der Waals surface area contributed by atoms with Gasteiger partial charge in [-0.1, -0.05) is 24.3 Å². The molecule has 0 bridgehead atoms. The first-order chi connectivity index (χ1) is 17.1. The van der Waals surface area contributed by atoms with Gasteiger partial charge < -0.3 is 4.90 Å². The topological polar surface area (TPSA) is 67.2 Å². The smallest absolute Gasteiger partial charge is 0.225 e. The third-order valence-corrected chi connectivity index (χ3v) is 7.40. The lowest BCUT2D eigenvalue weighted by Crippen LogP contribution is -2.51. The highest BCUT2D eigenvalue weighted by atomic mass is 19.1. The minimum atomic E-state index is -0.283. The Kier molecular flexibility index (Phi) is 7.13. The molecule has 184 valence electrons.